The molecule has 1 fully saturated rings. The molecule has 1 aromatic rings. The van der Waals surface area contributed by atoms with Crippen molar-refractivity contribution in [2.24, 2.45) is 0 Å². The van der Waals surface area contributed by atoms with Crippen molar-refractivity contribution in [2.45, 2.75) is 18.9 Å². The summed E-state index contributed by atoms with van der Waals surface area (Å²) in [6.45, 7) is 0. The van der Waals surface area contributed by atoms with Gasteiger partial charge in [-0.3, -0.25) is 4.79 Å². The summed E-state index contributed by atoms with van der Waals surface area (Å²) in [7, 11) is -3.01. The standard InChI is InChI=1S/C10H12BrNO4S/c11-9-8(3-4-16-9)10(13)12-7-2-1-5-17(14,15)6-7/h3-4,7H,1-2,5-6H2,(H,12,13). The van der Waals surface area contributed by atoms with E-state index in [-0.39, 0.29) is 23.5 Å². The van der Waals surface area contributed by atoms with E-state index in [0.717, 1.165) is 0 Å². The Hall–Kier alpha value is -0.820. The summed E-state index contributed by atoms with van der Waals surface area (Å²) < 4.78 is 28.1. The monoisotopic (exact) mass is 321 g/mol. The molecule has 5 nitrogen and oxygen atoms in total. The predicted octanol–water partition coefficient (Wildman–Crippen LogP) is 1.35. The fraction of sp³-hybridized carbons (Fsp3) is 0.500. The lowest BCUT2D eigenvalue weighted by Crippen LogP contribution is -2.43. The van der Waals surface area contributed by atoms with Crippen LogP contribution in [0.25, 0.3) is 0 Å². The predicted molar refractivity (Wildman–Crippen MR) is 65.6 cm³/mol. The Kier molecular flexibility index (Phi) is 3.58. The number of carbonyl (C=O) groups excluding carboxylic acids is 1. The molecule has 0 aliphatic carbocycles. The van der Waals surface area contributed by atoms with Gasteiger partial charge in [0.15, 0.2) is 14.5 Å². The SMILES string of the molecule is O=C(NC1CCCS(=O)(=O)C1)c1ccoc1Br. The van der Waals surface area contributed by atoms with E-state index in [1.54, 1.807) is 0 Å². The summed E-state index contributed by atoms with van der Waals surface area (Å²) in [4.78, 5) is 11.8. The molecule has 1 aliphatic rings. The number of hydrogen-bond acceptors (Lipinski definition) is 4. The second kappa shape index (κ2) is 4.81. The molecule has 0 radical (unpaired) electrons. The average Bonchev–Trinajstić information content (AvgIpc) is 2.62. The Morgan fingerprint density at radius 3 is 2.88 bits per heavy atom. The highest BCUT2D eigenvalue weighted by Crippen LogP contribution is 2.18. The number of rotatable bonds is 2. The van der Waals surface area contributed by atoms with Crippen molar-refractivity contribution in [1.29, 1.82) is 0 Å². The highest BCUT2D eigenvalue weighted by molar-refractivity contribution is 9.10. The fourth-order valence-corrected chi connectivity index (χ4v) is 3.91. The fourth-order valence-electron chi connectivity index (χ4n) is 1.86. The van der Waals surface area contributed by atoms with Crippen molar-refractivity contribution in [3.63, 3.8) is 0 Å². The molecular weight excluding hydrogens is 310 g/mol. The summed E-state index contributed by atoms with van der Waals surface area (Å²) in [6.07, 6.45) is 2.69. The average molecular weight is 322 g/mol. The third kappa shape index (κ3) is 3.10. The van der Waals surface area contributed by atoms with Gasteiger partial charge in [0.1, 0.15) is 0 Å². The number of sulfone groups is 1. The first kappa shape index (κ1) is 12.6. The molecule has 1 aromatic heterocycles. The van der Waals surface area contributed by atoms with Crippen LogP contribution in [-0.2, 0) is 9.84 Å². The van der Waals surface area contributed by atoms with E-state index >= 15 is 0 Å². The molecule has 2 rings (SSSR count). The van der Waals surface area contributed by atoms with Crippen molar-refractivity contribution in [2.75, 3.05) is 11.5 Å². The minimum absolute atomic E-state index is 0.0220. The minimum atomic E-state index is -3.01. The molecule has 0 spiro atoms. The molecule has 1 atom stereocenters. The first-order valence-corrected chi connectivity index (χ1v) is 7.84. The van der Waals surface area contributed by atoms with Crippen molar-refractivity contribution < 1.29 is 17.6 Å². The van der Waals surface area contributed by atoms with E-state index in [0.29, 0.717) is 23.1 Å². The van der Waals surface area contributed by atoms with Crippen LogP contribution in [-0.4, -0.2) is 31.9 Å². The summed E-state index contributed by atoms with van der Waals surface area (Å²) >= 11 is 3.11. The number of carbonyl (C=O) groups is 1. The molecule has 1 N–H and O–H groups in total. The normalized spacial score (nSPS) is 23.2. The summed E-state index contributed by atoms with van der Waals surface area (Å²) in [6, 6.07) is 1.24. The summed E-state index contributed by atoms with van der Waals surface area (Å²) in [5, 5.41) is 2.71. The molecule has 0 aromatic carbocycles. The van der Waals surface area contributed by atoms with E-state index < -0.39 is 9.84 Å². The van der Waals surface area contributed by atoms with Gasteiger partial charge in [0.2, 0.25) is 0 Å². The van der Waals surface area contributed by atoms with Crippen LogP contribution >= 0.6 is 15.9 Å². The zero-order chi connectivity index (χ0) is 12.5. The van der Waals surface area contributed by atoms with Crippen LogP contribution in [0.1, 0.15) is 23.2 Å². The maximum absolute atomic E-state index is 11.8. The van der Waals surface area contributed by atoms with Gasteiger partial charge < -0.3 is 9.73 Å². The molecule has 1 aliphatic heterocycles. The van der Waals surface area contributed by atoms with E-state index in [1.807, 2.05) is 0 Å². The van der Waals surface area contributed by atoms with Gasteiger partial charge in [-0.25, -0.2) is 8.42 Å². The van der Waals surface area contributed by atoms with Gasteiger partial charge in [-0.15, -0.1) is 0 Å². The van der Waals surface area contributed by atoms with Crippen LogP contribution in [0, 0.1) is 0 Å². The molecule has 1 saturated heterocycles. The molecule has 0 saturated carbocycles. The zero-order valence-corrected chi connectivity index (χ0v) is 11.4. The highest BCUT2D eigenvalue weighted by Gasteiger charge is 2.26. The topological polar surface area (TPSA) is 76.4 Å². The Labute approximate surface area is 108 Å². The maximum atomic E-state index is 11.8. The Bertz CT molecular complexity index is 522. The molecule has 0 bridgehead atoms. The number of amides is 1. The van der Waals surface area contributed by atoms with Crippen LogP contribution in [0.15, 0.2) is 21.4 Å². The Balaban J connectivity index is 2.02. The van der Waals surface area contributed by atoms with Crippen LogP contribution in [0.5, 0.6) is 0 Å². The van der Waals surface area contributed by atoms with Crippen LogP contribution in [0.2, 0.25) is 0 Å². The van der Waals surface area contributed by atoms with Crippen molar-refractivity contribution >= 4 is 31.7 Å². The zero-order valence-electron chi connectivity index (χ0n) is 8.98. The second-order valence-electron chi connectivity index (χ2n) is 4.03. The largest absolute Gasteiger partial charge is 0.457 e. The van der Waals surface area contributed by atoms with E-state index in [1.165, 1.54) is 12.3 Å². The minimum Gasteiger partial charge on any atom is -0.457 e. The number of furan rings is 1. The lowest BCUT2D eigenvalue weighted by molar-refractivity contribution is 0.0936. The molecule has 7 heteroatoms. The summed E-state index contributed by atoms with van der Waals surface area (Å²) in [5.74, 6) is -0.0732. The third-order valence-electron chi connectivity index (χ3n) is 2.66. The van der Waals surface area contributed by atoms with Crippen molar-refractivity contribution in [3.05, 3.63) is 22.6 Å². The van der Waals surface area contributed by atoms with Crippen LogP contribution in [0.4, 0.5) is 0 Å². The first-order chi connectivity index (χ1) is 7.98. The number of hydrogen-bond donors (Lipinski definition) is 1. The van der Waals surface area contributed by atoms with Crippen LogP contribution < -0.4 is 5.32 Å². The van der Waals surface area contributed by atoms with Gasteiger partial charge in [-0.05, 0) is 34.8 Å². The number of nitrogens with one attached hydrogen (secondary N) is 1. The first-order valence-electron chi connectivity index (χ1n) is 5.22. The van der Waals surface area contributed by atoms with Gasteiger partial charge in [0.25, 0.3) is 5.91 Å². The smallest absolute Gasteiger partial charge is 0.256 e. The Morgan fingerprint density at radius 1 is 1.53 bits per heavy atom. The molecule has 1 amide bonds. The van der Waals surface area contributed by atoms with Gasteiger partial charge in [0.05, 0.1) is 23.3 Å². The highest BCUT2D eigenvalue weighted by atomic mass is 79.9. The lowest BCUT2D eigenvalue weighted by Gasteiger charge is -2.22. The van der Waals surface area contributed by atoms with Crippen molar-refractivity contribution in [3.8, 4) is 0 Å². The van der Waals surface area contributed by atoms with Gasteiger partial charge in [-0.1, -0.05) is 0 Å². The van der Waals surface area contributed by atoms with Gasteiger partial charge in [0, 0.05) is 6.04 Å². The van der Waals surface area contributed by atoms with Gasteiger partial charge >= 0.3 is 0 Å². The van der Waals surface area contributed by atoms with Crippen molar-refractivity contribution in [1.82, 2.24) is 5.32 Å². The Morgan fingerprint density at radius 2 is 2.29 bits per heavy atom. The van der Waals surface area contributed by atoms with E-state index in [9.17, 15) is 13.2 Å². The maximum Gasteiger partial charge on any atom is 0.256 e. The van der Waals surface area contributed by atoms with Gasteiger partial charge in [-0.2, -0.15) is 0 Å². The third-order valence-corrected chi connectivity index (χ3v) is 5.10. The molecule has 2 heterocycles. The second-order valence-corrected chi connectivity index (χ2v) is 6.98. The molecular formula is C10H12BrNO4S. The lowest BCUT2D eigenvalue weighted by atomic mass is 10.2. The van der Waals surface area contributed by atoms with E-state index in [4.69, 9.17) is 4.42 Å². The number of halogens is 1. The van der Waals surface area contributed by atoms with Crippen LogP contribution in [0.3, 0.4) is 0 Å². The molecule has 1 unspecified atom stereocenters. The quantitative estimate of drug-likeness (QED) is 0.892. The molecule has 94 valence electrons. The van der Waals surface area contributed by atoms with E-state index in [2.05, 4.69) is 21.2 Å². The summed E-state index contributed by atoms with van der Waals surface area (Å²) in [5.41, 5.74) is 0.382. The molecule has 17 heavy (non-hydrogen) atoms.